The zero-order chi connectivity index (χ0) is 33.5. The molecule has 5 atom stereocenters. The molecule has 3 aromatic rings. The molecule has 248 valence electrons. The highest BCUT2D eigenvalue weighted by atomic mass is 32.1. The fourth-order valence-electron chi connectivity index (χ4n) is 7.21. The lowest BCUT2D eigenvalue weighted by atomic mass is 9.88. The Morgan fingerprint density at radius 1 is 1.00 bits per heavy atom. The van der Waals surface area contributed by atoms with Gasteiger partial charge in [0.2, 0.25) is 11.8 Å². The van der Waals surface area contributed by atoms with E-state index in [-0.39, 0.29) is 46.5 Å². The van der Waals surface area contributed by atoms with Crippen molar-refractivity contribution >= 4 is 46.7 Å². The molecule has 10 nitrogen and oxygen atoms in total. The van der Waals surface area contributed by atoms with Crippen LogP contribution < -0.4 is 5.32 Å². The first-order chi connectivity index (χ1) is 22.4. The second kappa shape index (κ2) is 13.1. The van der Waals surface area contributed by atoms with Crippen molar-refractivity contribution < 1.29 is 37.5 Å². The van der Waals surface area contributed by atoms with Crippen molar-refractivity contribution in [3.8, 4) is 6.07 Å². The number of amides is 3. The van der Waals surface area contributed by atoms with Gasteiger partial charge >= 0.3 is 13.3 Å². The van der Waals surface area contributed by atoms with Crippen molar-refractivity contribution in [1.29, 1.82) is 5.26 Å². The Kier molecular flexibility index (Phi) is 9.24. The van der Waals surface area contributed by atoms with Gasteiger partial charge in [-0.05, 0) is 61.3 Å². The minimum absolute atomic E-state index is 0.125. The van der Waals surface area contributed by atoms with E-state index in [2.05, 4.69) is 11.4 Å². The first kappa shape index (κ1) is 33.2. The monoisotopic (exact) mass is 684 g/mol. The number of carbonyl (C=O) groups excluding carboxylic acids is 3. The second-order valence-corrected chi connectivity index (χ2v) is 15.3. The van der Waals surface area contributed by atoms with Gasteiger partial charge in [-0.3, -0.25) is 18.9 Å². The Hall–Kier alpha value is -3.69. The van der Waals surface area contributed by atoms with Gasteiger partial charge in [-0.2, -0.15) is 14.0 Å². The van der Waals surface area contributed by atoms with E-state index in [9.17, 15) is 33.0 Å². The number of likely N-dealkylation sites (tertiary alicyclic amines) is 1. The van der Waals surface area contributed by atoms with E-state index in [1.807, 2.05) is 30.3 Å². The van der Waals surface area contributed by atoms with Crippen molar-refractivity contribution in [2.75, 3.05) is 13.1 Å². The van der Waals surface area contributed by atoms with E-state index in [1.54, 1.807) is 9.80 Å². The zero-order valence-corrected chi connectivity index (χ0v) is 27.1. The molecule has 14 heteroatoms. The number of benzene rings is 2. The Morgan fingerprint density at radius 3 is 2.45 bits per heavy atom. The topological polar surface area (TPSA) is 151 Å². The number of hydrogen-bond acceptors (Lipinski definition) is 6. The smallest absolute Gasteiger partial charge is 0.340 e. The first-order valence-electron chi connectivity index (χ1n) is 15.7. The number of nitrogens with one attached hydrogen (secondary N) is 1. The maximum absolute atomic E-state index is 14.3. The second-order valence-electron chi connectivity index (χ2n) is 12.6. The van der Waals surface area contributed by atoms with Crippen LogP contribution in [0.1, 0.15) is 71.7 Å². The SMILES string of the molecule is N#CC1CN(C(=O)[C@@H]2CCC[C@@H]3CCCC[C@H](NC(=O)c4cc5cc(C(F)(F)P(=O)(O)O)ccc5s4)C(=O)N32)CC1c1ccccc1. The summed E-state index contributed by atoms with van der Waals surface area (Å²) < 4.78 is 40.4. The summed E-state index contributed by atoms with van der Waals surface area (Å²) in [5.41, 5.74) is -4.25. The van der Waals surface area contributed by atoms with Crippen LogP contribution in [0.15, 0.2) is 54.6 Å². The standard InChI is InChI=1S/C33H35F2N4O6PS/c34-33(35,46(43,44)45)23-13-14-28-21(15-23)16-29(47-28)30(40)37-26-11-5-4-9-24-10-6-12-27(39(24)31(26)41)32(42)38-18-22(17-36)25(19-38)20-7-2-1-3-8-20/h1-3,7-8,13-16,22,24-27H,4-6,9-12,18-19H2,(H,37,40)(H2,43,44,45)/t22?,24-,25?,26-,27-/m0/s1. The van der Waals surface area contributed by atoms with Crippen LogP contribution in [0.3, 0.4) is 0 Å². The summed E-state index contributed by atoms with van der Waals surface area (Å²) in [7, 11) is -5.77. The highest BCUT2D eigenvalue weighted by Crippen LogP contribution is 2.59. The molecule has 0 aliphatic carbocycles. The maximum Gasteiger partial charge on any atom is 0.399 e. The van der Waals surface area contributed by atoms with Gasteiger partial charge in [0.1, 0.15) is 12.1 Å². The molecule has 1 aromatic heterocycles. The van der Waals surface area contributed by atoms with Crippen molar-refractivity contribution in [3.05, 3.63) is 70.6 Å². The number of nitriles is 1. The lowest BCUT2D eigenvalue weighted by molar-refractivity contribution is -0.152. The van der Waals surface area contributed by atoms with Gasteiger partial charge < -0.3 is 24.9 Å². The number of thiophene rings is 1. The summed E-state index contributed by atoms with van der Waals surface area (Å²) in [5.74, 6) is -1.58. The summed E-state index contributed by atoms with van der Waals surface area (Å²) in [4.78, 5) is 63.5. The maximum atomic E-state index is 14.3. The Bertz CT molecular complexity index is 1780. The summed E-state index contributed by atoms with van der Waals surface area (Å²) >= 11 is 1.01. The molecular weight excluding hydrogens is 649 g/mol. The predicted molar refractivity (Wildman–Crippen MR) is 171 cm³/mol. The fourth-order valence-corrected chi connectivity index (χ4v) is 8.63. The van der Waals surface area contributed by atoms with E-state index < -0.39 is 36.8 Å². The van der Waals surface area contributed by atoms with Crippen LogP contribution in [0.5, 0.6) is 0 Å². The van der Waals surface area contributed by atoms with Crippen molar-refractivity contribution in [2.45, 2.75) is 74.7 Å². The summed E-state index contributed by atoms with van der Waals surface area (Å²) in [6, 6.07) is 14.8. The molecule has 2 aromatic carbocycles. The zero-order valence-electron chi connectivity index (χ0n) is 25.4. The molecule has 0 bridgehead atoms. The van der Waals surface area contributed by atoms with Crippen molar-refractivity contribution in [1.82, 2.24) is 15.1 Å². The van der Waals surface area contributed by atoms with E-state index in [1.165, 1.54) is 12.1 Å². The number of rotatable bonds is 6. The molecule has 3 aliphatic heterocycles. The summed E-state index contributed by atoms with van der Waals surface area (Å²) in [5, 5.41) is 12.9. The number of alkyl halides is 2. The molecule has 47 heavy (non-hydrogen) atoms. The van der Waals surface area contributed by atoms with Gasteiger partial charge in [-0.1, -0.05) is 49.2 Å². The Balaban J connectivity index is 1.21. The number of piperidine rings is 1. The number of fused-ring (bicyclic) bond motifs is 2. The summed E-state index contributed by atoms with van der Waals surface area (Å²) in [6.45, 7) is 0.671. The molecule has 3 amide bonds. The highest BCUT2D eigenvalue weighted by Gasteiger charge is 2.50. The van der Waals surface area contributed by atoms with Crippen molar-refractivity contribution in [2.24, 2.45) is 5.92 Å². The van der Waals surface area contributed by atoms with Gasteiger partial charge in [0.25, 0.3) is 5.91 Å². The Labute approximate surface area is 274 Å². The van der Waals surface area contributed by atoms with Crippen LogP contribution in [0.25, 0.3) is 10.1 Å². The third-order valence-electron chi connectivity index (χ3n) is 9.65. The van der Waals surface area contributed by atoms with E-state index in [0.29, 0.717) is 30.5 Å². The van der Waals surface area contributed by atoms with Crippen LogP contribution in [0.4, 0.5) is 8.78 Å². The van der Waals surface area contributed by atoms with Crippen LogP contribution in [0, 0.1) is 17.2 Å². The average Bonchev–Trinajstić information content (AvgIpc) is 3.69. The van der Waals surface area contributed by atoms with Crippen LogP contribution >= 0.6 is 18.9 Å². The normalized spacial score (nSPS) is 25.5. The average molecular weight is 685 g/mol. The summed E-state index contributed by atoms with van der Waals surface area (Å²) in [6.07, 6.45) is 4.66. The fraction of sp³-hybridized carbons (Fsp3) is 0.455. The number of halogens is 2. The molecule has 3 saturated heterocycles. The quantitative estimate of drug-likeness (QED) is 0.298. The number of carbonyl (C=O) groups is 3. The minimum Gasteiger partial charge on any atom is -0.340 e. The van der Waals surface area contributed by atoms with Crippen LogP contribution in [-0.2, 0) is 19.8 Å². The molecule has 0 spiro atoms. The number of nitrogens with zero attached hydrogens (tertiary/aromatic N) is 3. The highest BCUT2D eigenvalue weighted by molar-refractivity contribution is 7.52. The molecule has 3 aliphatic rings. The number of hydrogen-bond donors (Lipinski definition) is 3. The molecule has 0 saturated carbocycles. The van der Waals surface area contributed by atoms with Crippen LogP contribution in [0.2, 0.25) is 0 Å². The third kappa shape index (κ3) is 6.44. The van der Waals surface area contributed by atoms with Gasteiger partial charge in [-0.25, -0.2) is 0 Å². The largest absolute Gasteiger partial charge is 0.399 e. The third-order valence-corrected chi connectivity index (χ3v) is 11.8. The molecular formula is C33H35F2N4O6PS. The molecule has 2 unspecified atom stereocenters. The predicted octanol–water partition coefficient (Wildman–Crippen LogP) is 5.32. The minimum atomic E-state index is -5.77. The van der Waals surface area contributed by atoms with Crippen LogP contribution in [-0.4, -0.2) is 68.5 Å². The lowest BCUT2D eigenvalue weighted by Gasteiger charge is -2.45. The molecule has 4 heterocycles. The molecule has 0 radical (unpaired) electrons. The molecule has 3 N–H and O–H groups in total. The van der Waals surface area contributed by atoms with Gasteiger partial charge in [0, 0.05) is 35.3 Å². The van der Waals surface area contributed by atoms with E-state index in [4.69, 9.17) is 9.79 Å². The Morgan fingerprint density at radius 2 is 1.72 bits per heavy atom. The molecule has 6 rings (SSSR count). The first-order valence-corrected chi connectivity index (χ1v) is 18.2. The molecule has 3 fully saturated rings. The van der Waals surface area contributed by atoms with Gasteiger partial charge in [0.05, 0.1) is 16.9 Å². The van der Waals surface area contributed by atoms with E-state index >= 15 is 0 Å². The van der Waals surface area contributed by atoms with Gasteiger partial charge in [0.15, 0.2) is 0 Å². The van der Waals surface area contributed by atoms with E-state index in [0.717, 1.165) is 54.7 Å². The van der Waals surface area contributed by atoms with Gasteiger partial charge in [-0.15, -0.1) is 11.3 Å². The lowest BCUT2D eigenvalue weighted by Crippen LogP contribution is -2.61. The van der Waals surface area contributed by atoms with Crippen molar-refractivity contribution in [3.63, 3.8) is 0 Å².